The van der Waals surface area contributed by atoms with Gasteiger partial charge in [0.1, 0.15) is 0 Å². The molecule has 0 N–H and O–H groups in total. The Bertz CT molecular complexity index is 7550. The average molecular weight is 1680 g/mol. The molecular formula is C119H87N9O2. The number of non-ortho nitro benzene ring substituents is 1. The highest BCUT2D eigenvalue weighted by molar-refractivity contribution is 5.97. The number of hydrogen-bond acceptors (Lipinski definition) is 10. The van der Waals surface area contributed by atoms with Crippen LogP contribution in [-0.4, -0.2) is 26.1 Å². The van der Waals surface area contributed by atoms with E-state index in [4.69, 9.17) is 5.26 Å². The van der Waals surface area contributed by atoms with Crippen LogP contribution in [0.25, 0.3) is 98.0 Å². The molecule has 0 aliphatic rings. The highest BCUT2D eigenvalue weighted by Gasteiger charge is 2.21. The molecule has 0 saturated carbocycles. The van der Waals surface area contributed by atoms with Crippen molar-refractivity contribution in [1.29, 1.82) is 10.5 Å². The second-order valence-corrected chi connectivity index (χ2v) is 32.3. The van der Waals surface area contributed by atoms with E-state index in [1.165, 1.54) is 70.7 Å². The van der Waals surface area contributed by atoms with Gasteiger partial charge in [-0.2, -0.15) is 10.5 Å². The van der Waals surface area contributed by atoms with Crippen molar-refractivity contribution in [1.82, 2.24) is 0 Å². The molecule has 11 heteroatoms. The standard InChI is InChI=1S/2C40H29N3.C39H29N3O2/c1-42(38-12-6-7-29(25-38)28-41)36-19-13-32(14-20-36)33-15-21-37(22-16-33)43(39-23-17-30-8-2-4-10-34(30)26-39)40-24-18-31-9-3-5-11-35(31)27-40;1-42(36-18-10-29(28-41)11-19-36)37-20-12-32(13-21-37)33-14-22-38(23-15-33)43(39-24-16-30-6-2-4-8-34(30)26-39)40-25-17-31-7-3-5-9-35(31)27-40;1-40(36-11-6-12-39(27-36)42(43)44)34-19-13-30(14-20-34)31-15-21-35(22-16-31)41(37-23-17-28-7-2-4-9-32(28)25-37)38-24-18-29-8-3-5-10-33(29)26-38/h2*2-27H,1H3;2-27H,1H3. The minimum absolute atomic E-state index is 0.0764. The monoisotopic (exact) mass is 1670 g/mol. The third kappa shape index (κ3) is 17.8. The first-order valence-electron chi connectivity index (χ1n) is 43.3. The molecule has 0 aliphatic heterocycles. The van der Waals surface area contributed by atoms with Gasteiger partial charge in [-0.05, 0) is 292 Å². The van der Waals surface area contributed by atoms with Crippen molar-refractivity contribution < 1.29 is 4.92 Å². The zero-order valence-electron chi connectivity index (χ0n) is 71.9. The SMILES string of the molecule is CN(c1ccc(-c2ccc(N(c3ccc4ccccc4c3)c3ccc4ccccc4c3)cc2)cc1)c1cccc(C#N)c1.CN(c1ccc(-c2ccc(N(c3ccc4ccccc4c3)c3ccc4ccccc4c3)cc2)cc1)c1cccc([N+](=O)[O-])c1.CN(c1ccc(C#N)cc1)c1ccc(-c2ccc(N(c3ccc4ccccc4c3)c3ccc4ccccc4c3)cc2)cc1. The van der Waals surface area contributed by atoms with E-state index >= 15 is 0 Å². The largest absolute Gasteiger partial charge is 0.345 e. The fourth-order valence-electron chi connectivity index (χ4n) is 17.1. The zero-order valence-corrected chi connectivity index (χ0v) is 71.9. The zero-order chi connectivity index (χ0) is 88.4. The Morgan fingerprint density at radius 3 is 0.646 bits per heavy atom. The second-order valence-electron chi connectivity index (χ2n) is 32.3. The third-order valence-corrected chi connectivity index (χ3v) is 24.3. The van der Waals surface area contributed by atoms with Gasteiger partial charge in [0.05, 0.1) is 28.2 Å². The number of nitro groups is 1. The van der Waals surface area contributed by atoms with Crippen molar-refractivity contribution >= 4 is 156 Å². The lowest BCUT2D eigenvalue weighted by molar-refractivity contribution is -0.384. The Kier molecular flexibility index (Phi) is 23.4. The molecule has 0 bridgehead atoms. The molecule has 0 radical (unpaired) electrons. The van der Waals surface area contributed by atoms with Crippen molar-refractivity contribution in [3.05, 3.63) is 494 Å². The molecule has 0 unspecified atom stereocenters. The van der Waals surface area contributed by atoms with Crippen molar-refractivity contribution in [3.63, 3.8) is 0 Å². The molecular weight excluding hydrogens is 1590 g/mol. The van der Waals surface area contributed by atoms with Gasteiger partial charge in [-0.15, -0.1) is 0 Å². The first-order chi connectivity index (χ1) is 63.8. The quantitative estimate of drug-likeness (QED) is 0.0573. The van der Waals surface area contributed by atoms with E-state index in [-0.39, 0.29) is 10.6 Å². The Balaban J connectivity index is 0.000000126. The Hall–Kier alpha value is -17.6. The van der Waals surface area contributed by atoms with Gasteiger partial charge in [-0.25, -0.2) is 0 Å². The first-order valence-corrected chi connectivity index (χ1v) is 43.3. The lowest BCUT2D eigenvalue weighted by Gasteiger charge is -2.26. The maximum Gasteiger partial charge on any atom is 0.271 e. The molecule has 0 fully saturated rings. The molecule has 21 rings (SSSR count). The number of rotatable bonds is 19. The maximum atomic E-state index is 11.2. The number of nitro benzene ring substituents is 1. The molecule has 0 atom stereocenters. The summed E-state index contributed by atoms with van der Waals surface area (Å²) in [6, 6.07) is 169. The van der Waals surface area contributed by atoms with Crippen molar-refractivity contribution in [2.24, 2.45) is 0 Å². The van der Waals surface area contributed by atoms with E-state index < -0.39 is 0 Å². The van der Waals surface area contributed by atoms with Crippen molar-refractivity contribution in [2.45, 2.75) is 0 Å². The summed E-state index contributed by atoms with van der Waals surface area (Å²) < 4.78 is 0. The lowest BCUT2D eigenvalue weighted by Crippen LogP contribution is -2.10. The fourth-order valence-corrected chi connectivity index (χ4v) is 17.1. The number of benzene rings is 21. The van der Waals surface area contributed by atoms with Gasteiger partial charge >= 0.3 is 0 Å². The van der Waals surface area contributed by atoms with Crippen LogP contribution in [-0.2, 0) is 0 Å². The number of nitrogens with zero attached hydrogens (tertiary/aromatic N) is 9. The number of hydrogen-bond donors (Lipinski definition) is 0. The van der Waals surface area contributed by atoms with E-state index in [1.54, 1.807) is 12.1 Å². The van der Waals surface area contributed by atoms with Crippen LogP contribution in [0.5, 0.6) is 0 Å². The van der Waals surface area contributed by atoms with E-state index in [0.29, 0.717) is 11.1 Å². The lowest BCUT2D eigenvalue weighted by atomic mass is 10.0. The molecule has 130 heavy (non-hydrogen) atoms. The van der Waals surface area contributed by atoms with Crippen LogP contribution in [0.2, 0.25) is 0 Å². The predicted molar refractivity (Wildman–Crippen MR) is 544 cm³/mol. The van der Waals surface area contributed by atoms with Crippen molar-refractivity contribution in [2.75, 3.05) is 50.5 Å². The minimum Gasteiger partial charge on any atom is -0.345 e. The number of fused-ring (bicyclic) bond motifs is 6. The highest BCUT2D eigenvalue weighted by Crippen LogP contribution is 2.44. The molecule has 11 nitrogen and oxygen atoms in total. The topological polar surface area (TPSA) is 110 Å². The summed E-state index contributed by atoms with van der Waals surface area (Å²) in [7, 11) is 5.98. The second kappa shape index (κ2) is 37.0. The molecule has 0 spiro atoms. The van der Waals surface area contributed by atoms with Crippen LogP contribution in [0, 0.1) is 32.8 Å². The molecule has 0 aromatic heterocycles. The van der Waals surface area contributed by atoms with Crippen LogP contribution >= 0.6 is 0 Å². The van der Waals surface area contributed by atoms with Gasteiger partial charge in [0.15, 0.2) is 0 Å². The predicted octanol–water partition coefficient (Wildman–Crippen LogP) is 32.3. The first kappa shape index (κ1) is 82.0. The van der Waals surface area contributed by atoms with E-state index in [0.717, 1.165) is 119 Å². The maximum absolute atomic E-state index is 11.2. The average Bonchev–Trinajstić information content (AvgIpc) is 0.783. The molecule has 0 aliphatic carbocycles. The summed E-state index contributed by atoms with van der Waals surface area (Å²) in [5, 5.41) is 44.2. The molecule has 21 aromatic carbocycles. The Labute approximate surface area is 756 Å². The minimum atomic E-state index is -0.370. The van der Waals surface area contributed by atoms with Crippen molar-refractivity contribution in [3.8, 4) is 45.5 Å². The Morgan fingerprint density at radius 1 is 0.192 bits per heavy atom. The molecule has 0 amide bonds. The molecule has 21 aromatic rings. The van der Waals surface area contributed by atoms with Gasteiger partial charge in [0.25, 0.3) is 5.69 Å². The molecule has 0 heterocycles. The highest BCUT2D eigenvalue weighted by atomic mass is 16.6. The summed E-state index contributed by atoms with van der Waals surface area (Å²) in [6.07, 6.45) is 0. The third-order valence-electron chi connectivity index (χ3n) is 24.3. The van der Waals surface area contributed by atoms with Crippen LogP contribution in [0.1, 0.15) is 11.1 Å². The summed E-state index contributed by atoms with van der Waals surface area (Å²) >= 11 is 0. The fraction of sp³-hybridized carbons (Fsp3) is 0.0252. The van der Waals surface area contributed by atoms with Gasteiger partial charge < -0.3 is 29.4 Å². The summed E-state index contributed by atoms with van der Waals surface area (Å²) in [5.74, 6) is 0. The Morgan fingerprint density at radius 2 is 0.400 bits per heavy atom. The van der Waals surface area contributed by atoms with Crippen LogP contribution in [0.15, 0.2) is 473 Å². The summed E-state index contributed by atoms with van der Waals surface area (Å²) in [4.78, 5) is 24.0. The van der Waals surface area contributed by atoms with Gasteiger partial charge in [-0.1, -0.05) is 267 Å². The summed E-state index contributed by atoms with van der Waals surface area (Å²) in [5.41, 5.74) is 24.1. The normalized spacial score (nSPS) is 10.9. The molecule has 0 saturated heterocycles. The van der Waals surface area contributed by atoms with E-state index in [2.05, 4.69) is 425 Å². The smallest absolute Gasteiger partial charge is 0.271 e. The molecule has 620 valence electrons. The number of nitriles is 2. The van der Waals surface area contributed by atoms with Crippen LogP contribution in [0.3, 0.4) is 0 Å². The van der Waals surface area contributed by atoms with Crippen LogP contribution < -0.4 is 29.4 Å². The number of anilines is 15. The van der Waals surface area contributed by atoms with Gasteiger partial charge in [0, 0.05) is 119 Å². The van der Waals surface area contributed by atoms with Gasteiger partial charge in [0.2, 0.25) is 0 Å². The summed E-state index contributed by atoms with van der Waals surface area (Å²) in [6.45, 7) is 0. The van der Waals surface area contributed by atoms with E-state index in [9.17, 15) is 15.4 Å². The van der Waals surface area contributed by atoms with Gasteiger partial charge in [-0.3, -0.25) is 10.1 Å². The van der Waals surface area contributed by atoms with Crippen LogP contribution in [0.4, 0.5) is 91.0 Å². The van der Waals surface area contributed by atoms with E-state index in [1.807, 2.05) is 92.8 Å².